The molecule has 0 aliphatic carbocycles. The number of benzene rings is 1. The third-order valence-corrected chi connectivity index (χ3v) is 2.53. The van der Waals surface area contributed by atoms with Gasteiger partial charge in [0.1, 0.15) is 5.60 Å². The maximum absolute atomic E-state index is 11.5. The van der Waals surface area contributed by atoms with Crippen molar-refractivity contribution >= 4 is 12.3 Å². The molecule has 1 amide bonds. The Labute approximate surface area is 137 Å². The number of methoxy groups -OCH3 is 1. The second kappa shape index (κ2) is 8.41. The summed E-state index contributed by atoms with van der Waals surface area (Å²) in [5.74, 6) is 1.70. The summed E-state index contributed by atoms with van der Waals surface area (Å²) in [6.45, 7) is 10.1. The highest BCUT2D eigenvalue weighted by molar-refractivity contribution is 5.82. The van der Waals surface area contributed by atoms with Crippen LogP contribution >= 0.6 is 0 Å². The summed E-state index contributed by atoms with van der Waals surface area (Å²) in [6, 6.07) is 5.42. The van der Waals surface area contributed by atoms with Gasteiger partial charge in [-0.25, -0.2) is 10.2 Å². The topological polar surface area (TPSA) is 69.2 Å². The van der Waals surface area contributed by atoms with E-state index in [1.54, 1.807) is 33.9 Å². The number of hydrogen-bond donors (Lipinski definition) is 1. The summed E-state index contributed by atoms with van der Waals surface area (Å²) in [5.41, 5.74) is 2.54. The molecule has 0 unspecified atom stereocenters. The summed E-state index contributed by atoms with van der Waals surface area (Å²) < 4.78 is 16.1. The van der Waals surface area contributed by atoms with E-state index in [0.29, 0.717) is 24.0 Å². The molecule has 0 aromatic heterocycles. The molecule has 0 saturated heterocycles. The zero-order valence-electron chi connectivity index (χ0n) is 14.7. The van der Waals surface area contributed by atoms with Crippen LogP contribution in [0.1, 0.15) is 40.2 Å². The summed E-state index contributed by atoms with van der Waals surface area (Å²) in [7, 11) is 1.59. The Morgan fingerprint density at radius 3 is 2.57 bits per heavy atom. The van der Waals surface area contributed by atoms with Crippen molar-refractivity contribution in [1.29, 1.82) is 0 Å². The average molecular weight is 322 g/mol. The minimum Gasteiger partial charge on any atom is -0.493 e. The molecule has 1 rings (SSSR count). The molecule has 6 nitrogen and oxygen atoms in total. The second-order valence-corrected chi connectivity index (χ2v) is 6.49. The molecule has 0 heterocycles. The van der Waals surface area contributed by atoms with Crippen LogP contribution in [-0.4, -0.2) is 31.6 Å². The predicted molar refractivity (Wildman–Crippen MR) is 90.3 cm³/mol. The van der Waals surface area contributed by atoms with Crippen LogP contribution < -0.4 is 14.9 Å². The van der Waals surface area contributed by atoms with Gasteiger partial charge < -0.3 is 14.2 Å². The molecular weight excluding hydrogens is 296 g/mol. The van der Waals surface area contributed by atoms with Crippen molar-refractivity contribution in [2.45, 2.75) is 40.2 Å². The van der Waals surface area contributed by atoms with Crippen molar-refractivity contribution < 1.29 is 19.0 Å². The van der Waals surface area contributed by atoms with E-state index in [4.69, 9.17) is 14.2 Å². The monoisotopic (exact) mass is 322 g/mol. The van der Waals surface area contributed by atoms with Gasteiger partial charge in [-0.15, -0.1) is 0 Å². The largest absolute Gasteiger partial charge is 0.493 e. The number of hydrogen-bond acceptors (Lipinski definition) is 5. The molecule has 0 spiro atoms. The normalized spacial score (nSPS) is 11.6. The maximum atomic E-state index is 11.5. The smallest absolute Gasteiger partial charge is 0.428 e. The van der Waals surface area contributed by atoms with Gasteiger partial charge in [-0.1, -0.05) is 13.8 Å². The molecule has 0 aliphatic heterocycles. The number of hydrazone groups is 1. The molecule has 23 heavy (non-hydrogen) atoms. The van der Waals surface area contributed by atoms with Crippen molar-refractivity contribution in [3.8, 4) is 11.5 Å². The Morgan fingerprint density at radius 2 is 2.00 bits per heavy atom. The third kappa shape index (κ3) is 7.54. The highest BCUT2D eigenvalue weighted by atomic mass is 16.6. The molecule has 1 N–H and O–H groups in total. The van der Waals surface area contributed by atoms with Crippen LogP contribution in [0, 0.1) is 5.92 Å². The molecule has 0 bridgehead atoms. The van der Waals surface area contributed by atoms with Gasteiger partial charge in [0.15, 0.2) is 11.5 Å². The summed E-state index contributed by atoms with van der Waals surface area (Å²) in [4.78, 5) is 11.5. The predicted octanol–water partition coefficient (Wildman–Crippen LogP) is 3.59. The molecule has 0 aliphatic rings. The van der Waals surface area contributed by atoms with E-state index in [9.17, 15) is 4.79 Å². The Hall–Kier alpha value is -2.24. The lowest BCUT2D eigenvalue weighted by molar-refractivity contribution is 0.0529. The molecule has 0 saturated carbocycles. The van der Waals surface area contributed by atoms with Gasteiger partial charge in [-0.3, -0.25) is 0 Å². The lowest BCUT2D eigenvalue weighted by Crippen LogP contribution is -2.29. The fourth-order valence-electron chi connectivity index (χ4n) is 1.60. The number of amides is 1. The van der Waals surface area contributed by atoms with Gasteiger partial charge in [0.2, 0.25) is 0 Å². The van der Waals surface area contributed by atoms with E-state index in [-0.39, 0.29) is 0 Å². The first kappa shape index (κ1) is 18.8. The number of nitrogens with one attached hydrogen (secondary N) is 1. The van der Waals surface area contributed by atoms with Crippen molar-refractivity contribution in [3.05, 3.63) is 23.8 Å². The molecule has 0 radical (unpaired) electrons. The van der Waals surface area contributed by atoms with Crippen LogP contribution in [-0.2, 0) is 4.74 Å². The van der Waals surface area contributed by atoms with Gasteiger partial charge in [-0.05, 0) is 50.5 Å². The minimum absolute atomic E-state index is 0.408. The second-order valence-electron chi connectivity index (χ2n) is 6.49. The summed E-state index contributed by atoms with van der Waals surface area (Å²) in [6.07, 6.45) is 0.921. The van der Waals surface area contributed by atoms with E-state index in [2.05, 4.69) is 24.4 Å². The fraction of sp³-hybridized carbons (Fsp3) is 0.529. The zero-order chi connectivity index (χ0) is 17.5. The average Bonchev–Trinajstić information content (AvgIpc) is 2.43. The first-order chi connectivity index (χ1) is 10.7. The summed E-state index contributed by atoms with van der Waals surface area (Å²) in [5, 5.41) is 3.87. The van der Waals surface area contributed by atoms with Crippen LogP contribution in [0.25, 0.3) is 0 Å². The standard InChI is InChI=1S/C17H26N2O4/c1-12(2)11-22-15-9-13(7-8-14(15)21-6)10-18-19-16(20)23-17(3,4)5/h7-10,12H,11H2,1-6H3,(H,19,20)/b18-10+. The first-order valence-corrected chi connectivity index (χ1v) is 7.54. The van der Waals surface area contributed by atoms with E-state index in [1.165, 1.54) is 6.21 Å². The Morgan fingerprint density at radius 1 is 1.30 bits per heavy atom. The zero-order valence-corrected chi connectivity index (χ0v) is 14.7. The van der Waals surface area contributed by atoms with Gasteiger partial charge in [0.25, 0.3) is 0 Å². The Bertz CT molecular complexity index is 548. The van der Waals surface area contributed by atoms with Crippen molar-refractivity contribution in [3.63, 3.8) is 0 Å². The summed E-state index contributed by atoms with van der Waals surface area (Å²) >= 11 is 0. The van der Waals surface area contributed by atoms with Crippen molar-refractivity contribution in [1.82, 2.24) is 5.43 Å². The number of rotatable bonds is 6. The van der Waals surface area contributed by atoms with E-state index in [0.717, 1.165) is 5.56 Å². The van der Waals surface area contributed by atoms with Crippen molar-refractivity contribution in [2.24, 2.45) is 11.0 Å². The minimum atomic E-state index is -0.599. The lowest BCUT2D eigenvalue weighted by atomic mass is 10.2. The third-order valence-electron chi connectivity index (χ3n) is 2.53. The number of ether oxygens (including phenoxy) is 3. The van der Waals surface area contributed by atoms with Gasteiger partial charge in [-0.2, -0.15) is 5.10 Å². The number of carbonyl (C=O) groups is 1. The van der Waals surface area contributed by atoms with Crippen molar-refractivity contribution in [2.75, 3.05) is 13.7 Å². The van der Waals surface area contributed by atoms with E-state index >= 15 is 0 Å². The highest BCUT2D eigenvalue weighted by Gasteiger charge is 2.15. The number of nitrogens with zero attached hydrogens (tertiary/aromatic N) is 1. The van der Waals surface area contributed by atoms with Gasteiger partial charge in [0.05, 0.1) is 19.9 Å². The molecular formula is C17H26N2O4. The highest BCUT2D eigenvalue weighted by Crippen LogP contribution is 2.27. The number of carbonyl (C=O) groups excluding carboxylic acids is 1. The van der Waals surface area contributed by atoms with E-state index in [1.807, 2.05) is 12.1 Å². The lowest BCUT2D eigenvalue weighted by Gasteiger charge is -2.18. The van der Waals surface area contributed by atoms with Gasteiger partial charge in [0, 0.05) is 0 Å². The SMILES string of the molecule is COc1ccc(/C=N/NC(=O)OC(C)(C)C)cc1OCC(C)C. The molecule has 0 fully saturated rings. The fourth-order valence-corrected chi connectivity index (χ4v) is 1.60. The Balaban J connectivity index is 2.71. The maximum Gasteiger partial charge on any atom is 0.428 e. The van der Waals surface area contributed by atoms with Crippen LogP contribution in [0.15, 0.2) is 23.3 Å². The molecule has 128 valence electrons. The molecule has 0 atom stereocenters. The van der Waals surface area contributed by atoms with Crippen LogP contribution in [0.2, 0.25) is 0 Å². The van der Waals surface area contributed by atoms with Crippen LogP contribution in [0.3, 0.4) is 0 Å². The van der Waals surface area contributed by atoms with E-state index < -0.39 is 11.7 Å². The van der Waals surface area contributed by atoms with Crippen LogP contribution in [0.4, 0.5) is 4.79 Å². The van der Waals surface area contributed by atoms with Crippen LogP contribution in [0.5, 0.6) is 11.5 Å². The molecule has 1 aromatic carbocycles. The first-order valence-electron chi connectivity index (χ1n) is 7.54. The molecule has 6 heteroatoms. The molecule has 1 aromatic rings. The van der Waals surface area contributed by atoms with Gasteiger partial charge >= 0.3 is 6.09 Å². The quantitative estimate of drug-likeness (QED) is 0.642. The Kier molecular flexibility index (Phi) is 6.88.